The van der Waals surface area contributed by atoms with Gasteiger partial charge < -0.3 is 10.6 Å². The lowest BCUT2D eigenvalue weighted by Crippen LogP contribution is -2.24. The molecule has 2 N–H and O–H groups in total. The van der Waals surface area contributed by atoms with Gasteiger partial charge in [0, 0.05) is 11.6 Å². The molecular weight excluding hydrogens is 381 g/mol. The second kappa shape index (κ2) is 8.05. The minimum atomic E-state index is -1.59. The molecule has 0 aliphatic heterocycles. The summed E-state index contributed by atoms with van der Waals surface area (Å²) in [6, 6.07) is 8.78. The summed E-state index contributed by atoms with van der Waals surface area (Å²) in [6.45, 7) is 0.276. The first kappa shape index (κ1) is 18.7. The Kier molecular flexibility index (Phi) is 5.56. The number of amides is 1. The van der Waals surface area contributed by atoms with Crippen LogP contribution in [0.5, 0.6) is 0 Å². The normalized spacial score (nSPS) is 10.5. The van der Waals surface area contributed by atoms with Gasteiger partial charge in [-0.3, -0.25) is 4.79 Å². The Morgan fingerprint density at radius 2 is 1.70 bits per heavy atom. The van der Waals surface area contributed by atoms with E-state index in [9.17, 15) is 18.0 Å². The number of benzene rings is 2. The van der Waals surface area contributed by atoms with Gasteiger partial charge in [-0.1, -0.05) is 23.7 Å². The highest BCUT2D eigenvalue weighted by Crippen LogP contribution is 2.22. The van der Waals surface area contributed by atoms with Gasteiger partial charge in [0.1, 0.15) is 11.5 Å². The van der Waals surface area contributed by atoms with Crippen molar-refractivity contribution >= 4 is 29.0 Å². The summed E-state index contributed by atoms with van der Waals surface area (Å²) in [4.78, 5) is 19.9. The van der Waals surface area contributed by atoms with Crippen molar-refractivity contribution in [3.8, 4) is 0 Å². The Bertz CT molecular complexity index is 966. The van der Waals surface area contributed by atoms with E-state index in [2.05, 4.69) is 20.6 Å². The first-order valence-electron chi connectivity index (χ1n) is 7.69. The highest BCUT2D eigenvalue weighted by Gasteiger charge is 2.14. The monoisotopic (exact) mass is 392 g/mol. The van der Waals surface area contributed by atoms with Gasteiger partial charge in [0.05, 0.1) is 18.1 Å². The van der Waals surface area contributed by atoms with Crippen LogP contribution in [0.1, 0.15) is 16.1 Å². The van der Waals surface area contributed by atoms with Gasteiger partial charge in [0.2, 0.25) is 0 Å². The van der Waals surface area contributed by atoms with Crippen LogP contribution < -0.4 is 10.6 Å². The van der Waals surface area contributed by atoms with Gasteiger partial charge in [-0.25, -0.2) is 23.1 Å². The van der Waals surface area contributed by atoms with Crippen LogP contribution in [0.25, 0.3) is 0 Å². The van der Waals surface area contributed by atoms with E-state index in [1.54, 1.807) is 24.3 Å². The average molecular weight is 393 g/mol. The first-order valence-corrected chi connectivity index (χ1v) is 8.07. The summed E-state index contributed by atoms with van der Waals surface area (Å²) in [5.41, 5.74) is 0.594. The van der Waals surface area contributed by atoms with E-state index in [-0.39, 0.29) is 23.7 Å². The maximum atomic E-state index is 13.6. The Labute approximate surface area is 157 Å². The van der Waals surface area contributed by atoms with E-state index in [4.69, 9.17) is 11.6 Å². The lowest BCUT2D eigenvalue weighted by Gasteiger charge is -2.08. The van der Waals surface area contributed by atoms with Crippen LogP contribution in [-0.4, -0.2) is 15.9 Å². The molecule has 2 aromatic carbocycles. The number of hydrogen-bond donors (Lipinski definition) is 2. The maximum absolute atomic E-state index is 13.6. The Morgan fingerprint density at radius 3 is 2.37 bits per heavy atom. The predicted molar refractivity (Wildman–Crippen MR) is 94.3 cm³/mol. The molecule has 5 nitrogen and oxygen atoms in total. The fraction of sp³-hybridized carbons (Fsp3) is 0.0556. The molecular formula is C18H12ClF3N4O. The van der Waals surface area contributed by atoms with Crippen LogP contribution >= 0.6 is 11.6 Å². The van der Waals surface area contributed by atoms with Crippen molar-refractivity contribution in [2.45, 2.75) is 6.54 Å². The first-order chi connectivity index (χ1) is 12.9. The highest BCUT2D eigenvalue weighted by molar-refractivity contribution is 6.30. The largest absolute Gasteiger partial charge is 0.347 e. The molecule has 0 fully saturated rings. The molecule has 0 saturated heterocycles. The Hall–Kier alpha value is -3.13. The number of nitrogens with one attached hydrogen (secondary N) is 2. The van der Waals surface area contributed by atoms with Gasteiger partial charge >= 0.3 is 0 Å². The second-order valence-electron chi connectivity index (χ2n) is 5.44. The van der Waals surface area contributed by atoms with Crippen LogP contribution in [0.2, 0.25) is 5.02 Å². The minimum absolute atomic E-state index is 0.0419. The van der Waals surface area contributed by atoms with E-state index in [0.717, 1.165) is 17.7 Å². The van der Waals surface area contributed by atoms with Gasteiger partial charge in [-0.15, -0.1) is 0 Å². The number of rotatable bonds is 5. The lowest BCUT2D eigenvalue weighted by atomic mass is 10.2. The summed E-state index contributed by atoms with van der Waals surface area (Å²) in [6.07, 6.45) is 2.36. The zero-order chi connectivity index (χ0) is 19.4. The van der Waals surface area contributed by atoms with Gasteiger partial charge in [0.15, 0.2) is 17.5 Å². The zero-order valence-electron chi connectivity index (χ0n) is 13.6. The van der Waals surface area contributed by atoms with E-state index in [0.29, 0.717) is 5.02 Å². The standard InChI is InChI=1S/C18H12ClF3N4O/c19-11-3-1-10(2-4-11)7-25-18(27)14-8-24-15(9-23-14)26-13-6-5-12(20)16(21)17(13)22/h1-6,8-9H,7H2,(H,24,26)(H,25,27). The highest BCUT2D eigenvalue weighted by atomic mass is 35.5. The van der Waals surface area contributed by atoms with Crippen molar-refractivity contribution in [3.63, 3.8) is 0 Å². The van der Waals surface area contributed by atoms with E-state index < -0.39 is 23.4 Å². The van der Waals surface area contributed by atoms with Crippen molar-refractivity contribution in [2.75, 3.05) is 5.32 Å². The third kappa shape index (κ3) is 4.53. The molecule has 0 aliphatic carbocycles. The quantitative estimate of drug-likeness (QED) is 0.638. The molecule has 0 atom stereocenters. The molecule has 1 amide bonds. The molecule has 1 heterocycles. The third-order valence-electron chi connectivity index (χ3n) is 3.55. The molecule has 3 aromatic rings. The molecule has 3 rings (SSSR count). The third-order valence-corrected chi connectivity index (χ3v) is 3.80. The molecule has 9 heteroatoms. The van der Waals surface area contributed by atoms with Crippen LogP contribution in [0, 0.1) is 17.5 Å². The lowest BCUT2D eigenvalue weighted by molar-refractivity contribution is 0.0945. The summed E-state index contributed by atoms with van der Waals surface area (Å²) in [5.74, 6) is -4.65. The molecule has 1 aromatic heterocycles. The average Bonchev–Trinajstić information content (AvgIpc) is 2.68. The number of anilines is 2. The smallest absolute Gasteiger partial charge is 0.271 e. The maximum Gasteiger partial charge on any atom is 0.271 e. The number of halogens is 4. The number of nitrogens with zero attached hydrogens (tertiary/aromatic N) is 2. The van der Waals surface area contributed by atoms with Crippen LogP contribution in [0.3, 0.4) is 0 Å². The van der Waals surface area contributed by atoms with Gasteiger partial charge in [-0.2, -0.15) is 0 Å². The number of carbonyl (C=O) groups excluding carboxylic acids is 1. The molecule has 0 unspecified atom stereocenters. The van der Waals surface area contributed by atoms with Crippen molar-refractivity contribution in [3.05, 3.63) is 82.5 Å². The fourth-order valence-corrected chi connectivity index (χ4v) is 2.27. The van der Waals surface area contributed by atoms with Crippen LogP contribution in [0.4, 0.5) is 24.7 Å². The minimum Gasteiger partial charge on any atom is -0.347 e. The van der Waals surface area contributed by atoms with Gasteiger partial charge in [-0.05, 0) is 29.8 Å². The summed E-state index contributed by atoms with van der Waals surface area (Å²) in [7, 11) is 0. The molecule has 0 spiro atoms. The van der Waals surface area contributed by atoms with Crippen LogP contribution in [0.15, 0.2) is 48.8 Å². The van der Waals surface area contributed by atoms with Crippen molar-refractivity contribution in [2.24, 2.45) is 0 Å². The molecule has 0 radical (unpaired) electrons. The van der Waals surface area contributed by atoms with E-state index in [1.807, 2.05) is 0 Å². The number of carbonyl (C=O) groups is 1. The number of aromatic nitrogens is 2. The van der Waals surface area contributed by atoms with Crippen molar-refractivity contribution in [1.82, 2.24) is 15.3 Å². The topological polar surface area (TPSA) is 66.9 Å². The molecule has 0 saturated carbocycles. The Balaban J connectivity index is 1.63. The second-order valence-corrected chi connectivity index (χ2v) is 5.88. The van der Waals surface area contributed by atoms with Crippen molar-refractivity contribution < 1.29 is 18.0 Å². The Morgan fingerprint density at radius 1 is 0.963 bits per heavy atom. The molecule has 0 bridgehead atoms. The molecule has 138 valence electrons. The summed E-state index contributed by atoms with van der Waals surface area (Å²) >= 11 is 5.79. The molecule has 0 aliphatic rings. The summed E-state index contributed by atoms with van der Waals surface area (Å²) in [5, 5.41) is 5.73. The fourth-order valence-electron chi connectivity index (χ4n) is 2.15. The van der Waals surface area contributed by atoms with Gasteiger partial charge in [0.25, 0.3) is 5.91 Å². The van der Waals surface area contributed by atoms with E-state index in [1.165, 1.54) is 12.4 Å². The van der Waals surface area contributed by atoms with Crippen molar-refractivity contribution in [1.29, 1.82) is 0 Å². The summed E-state index contributed by atoms with van der Waals surface area (Å²) < 4.78 is 39.8. The zero-order valence-corrected chi connectivity index (χ0v) is 14.4. The molecule has 27 heavy (non-hydrogen) atoms. The van der Waals surface area contributed by atoms with Crippen LogP contribution in [-0.2, 0) is 6.54 Å². The number of hydrogen-bond acceptors (Lipinski definition) is 4. The SMILES string of the molecule is O=C(NCc1ccc(Cl)cc1)c1cnc(Nc2ccc(F)c(F)c2F)cn1. The predicted octanol–water partition coefficient (Wildman–Crippen LogP) is 4.22. The van der Waals surface area contributed by atoms with E-state index >= 15 is 0 Å².